The average molecular weight is 508 g/mol. The zero-order chi connectivity index (χ0) is 26.7. The first-order valence-electron chi connectivity index (χ1n) is 12.2. The Balaban J connectivity index is 1.73. The normalized spacial score (nSPS) is 15.7. The van der Waals surface area contributed by atoms with E-state index < -0.39 is 28.4 Å². The summed E-state index contributed by atoms with van der Waals surface area (Å²) >= 11 is 0. The van der Waals surface area contributed by atoms with Gasteiger partial charge in [-0.25, -0.2) is 0 Å². The van der Waals surface area contributed by atoms with Crippen molar-refractivity contribution in [1.29, 1.82) is 0 Å². The molecule has 0 spiro atoms. The summed E-state index contributed by atoms with van der Waals surface area (Å²) in [7, 11) is 1.48. The number of furan rings is 1. The van der Waals surface area contributed by atoms with Gasteiger partial charge in [0.05, 0.1) is 37.7 Å². The Kier molecular flexibility index (Phi) is 7.58. The Labute approximate surface area is 213 Å². The molecular weight excluding hydrogens is 478 g/mol. The van der Waals surface area contributed by atoms with Crippen molar-refractivity contribution in [2.75, 3.05) is 33.3 Å². The van der Waals surface area contributed by atoms with Gasteiger partial charge in [-0.05, 0) is 49.4 Å². The lowest BCUT2D eigenvalue weighted by Gasteiger charge is -2.28. The minimum Gasteiger partial charge on any atom is -0.868 e. The maximum absolute atomic E-state index is 13.7. The number of Topliss-reactive ketones (excluding diaryl/α,β-unsaturated/α-hetero) is 1. The van der Waals surface area contributed by atoms with Gasteiger partial charge in [-0.3, -0.25) is 19.7 Å². The Bertz CT molecular complexity index is 1360. The number of amides is 1. The standard InChI is InChI=1S/C27H29N3O7/c1-4-28(5-2)14-7-15-29-23(17-10-12-19(13-11-17)30(34)35)22(25(32)27(29)33)24(31)21-16-18-8-6-9-20(36-3)26(18)37-21/h6,8-13,16,23,32H,4-5,7,14-15H2,1-3H3. The fourth-order valence-corrected chi connectivity index (χ4v) is 4.77. The van der Waals surface area contributed by atoms with Crippen molar-refractivity contribution in [2.45, 2.75) is 26.3 Å². The number of fused-ring (bicyclic) bond motifs is 1. The van der Waals surface area contributed by atoms with Gasteiger partial charge >= 0.3 is 0 Å². The topological polar surface area (TPSA) is 130 Å². The number of para-hydroxylation sites is 1. The average Bonchev–Trinajstić information content (AvgIpc) is 3.45. The van der Waals surface area contributed by atoms with E-state index in [2.05, 4.69) is 13.8 Å². The molecule has 1 N–H and O–H groups in total. The van der Waals surface area contributed by atoms with Crippen LogP contribution in [0.25, 0.3) is 11.0 Å². The van der Waals surface area contributed by atoms with E-state index in [1.165, 1.54) is 47.2 Å². The number of methoxy groups -OCH3 is 1. The van der Waals surface area contributed by atoms with Crippen LogP contribution < -0.4 is 14.7 Å². The number of nitro benzene ring substituents is 1. The zero-order valence-electron chi connectivity index (χ0n) is 21.0. The molecule has 4 rings (SSSR count). The van der Waals surface area contributed by atoms with E-state index in [4.69, 9.17) is 9.15 Å². The molecule has 10 heteroatoms. The SMILES string of the molecule is CC[NH+](CC)CCCN1C(=O)C([O-])=C(C(=O)c2cc3cccc(OC)c3o2)C1c1ccc([N+](=O)[O-])cc1. The molecule has 0 bridgehead atoms. The molecule has 0 radical (unpaired) electrons. The van der Waals surface area contributed by atoms with Crippen LogP contribution in [0.3, 0.4) is 0 Å². The highest BCUT2D eigenvalue weighted by molar-refractivity contribution is 6.16. The summed E-state index contributed by atoms with van der Waals surface area (Å²) in [5, 5.41) is 25.0. The van der Waals surface area contributed by atoms with Crippen molar-refractivity contribution >= 4 is 28.3 Å². The number of nitrogens with zero attached hydrogens (tertiary/aromatic N) is 2. The summed E-state index contributed by atoms with van der Waals surface area (Å²) in [4.78, 5) is 40.2. The summed E-state index contributed by atoms with van der Waals surface area (Å²) < 4.78 is 11.1. The summed E-state index contributed by atoms with van der Waals surface area (Å²) in [6.07, 6.45) is 0.628. The molecule has 37 heavy (non-hydrogen) atoms. The van der Waals surface area contributed by atoms with Crippen LogP contribution in [0, 0.1) is 10.1 Å². The van der Waals surface area contributed by atoms with Crippen molar-refractivity contribution in [1.82, 2.24) is 4.90 Å². The molecule has 2 aromatic carbocycles. The van der Waals surface area contributed by atoms with Crippen LogP contribution in [-0.4, -0.2) is 54.8 Å². The van der Waals surface area contributed by atoms with Crippen LogP contribution in [-0.2, 0) is 4.79 Å². The van der Waals surface area contributed by atoms with Crippen molar-refractivity contribution in [3.63, 3.8) is 0 Å². The molecule has 0 saturated heterocycles. The van der Waals surface area contributed by atoms with Gasteiger partial charge in [0, 0.05) is 36.1 Å². The molecule has 0 fully saturated rings. The Morgan fingerprint density at radius 2 is 1.86 bits per heavy atom. The molecule has 0 saturated carbocycles. The molecule has 1 aliphatic heterocycles. The molecule has 1 aromatic heterocycles. The van der Waals surface area contributed by atoms with E-state index in [0.29, 0.717) is 28.7 Å². The van der Waals surface area contributed by atoms with Crippen LogP contribution in [0.2, 0.25) is 0 Å². The first kappa shape index (κ1) is 25.9. The monoisotopic (exact) mass is 507 g/mol. The van der Waals surface area contributed by atoms with Crippen molar-refractivity contribution < 1.29 is 33.7 Å². The first-order chi connectivity index (χ1) is 17.8. The molecule has 10 nitrogen and oxygen atoms in total. The molecule has 3 aromatic rings. The third-order valence-corrected chi connectivity index (χ3v) is 6.83. The van der Waals surface area contributed by atoms with E-state index in [-0.39, 0.29) is 23.6 Å². The number of hydrogen-bond donors (Lipinski definition) is 1. The summed E-state index contributed by atoms with van der Waals surface area (Å²) in [5.41, 5.74) is 0.439. The smallest absolute Gasteiger partial charge is 0.269 e. The highest BCUT2D eigenvalue weighted by Gasteiger charge is 2.40. The van der Waals surface area contributed by atoms with E-state index in [1.807, 2.05) is 0 Å². The Hall–Kier alpha value is -4.18. The lowest BCUT2D eigenvalue weighted by atomic mass is 9.94. The number of hydrogen-bond acceptors (Lipinski definition) is 7. The number of quaternary nitrogens is 1. The lowest BCUT2D eigenvalue weighted by molar-refractivity contribution is -0.896. The maximum atomic E-state index is 13.7. The van der Waals surface area contributed by atoms with Crippen molar-refractivity contribution in [3.8, 4) is 5.75 Å². The number of nitrogens with one attached hydrogen (secondary N) is 1. The number of benzene rings is 2. The number of nitro groups is 1. The minimum atomic E-state index is -0.977. The van der Waals surface area contributed by atoms with Gasteiger partial charge in [0.15, 0.2) is 17.1 Å². The second-order valence-electron chi connectivity index (χ2n) is 8.87. The van der Waals surface area contributed by atoms with Crippen LogP contribution in [0.4, 0.5) is 5.69 Å². The van der Waals surface area contributed by atoms with Gasteiger partial charge in [-0.1, -0.05) is 12.1 Å². The summed E-state index contributed by atoms with van der Waals surface area (Å²) in [6.45, 7) is 7.08. The van der Waals surface area contributed by atoms with E-state index >= 15 is 0 Å². The van der Waals surface area contributed by atoms with Crippen LogP contribution >= 0.6 is 0 Å². The van der Waals surface area contributed by atoms with E-state index in [9.17, 15) is 24.8 Å². The van der Waals surface area contributed by atoms with Gasteiger partial charge in [-0.2, -0.15) is 0 Å². The molecule has 1 unspecified atom stereocenters. The molecule has 2 heterocycles. The van der Waals surface area contributed by atoms with Crippen LogP contribution in [0.1, 0.15) is 42.4 Å². The fourth-order valence-electron chi connectivity index (χ4n) is 4.77. The molecule has 1 atom stereocenters. The lowest BCUT2D eigenvalue weighted by Crippen LogP contribution is -3.11. The Morgan fingerprint density at radius 1 is 1.16 bits per heavy atom. The Morgan fingerprint density at radius 3 is 2.49 bits per heavy atom. The van der Waals surface area contributed by atoms with Crippen LogP contribution in [0.5, 0.6) is 5.75 Å². The quantitative estimate of drug-likeness (QED) is 0.239. The summed E-state index contributed by atoms with van der Waals surface area (Å²) in [5.74, 6) is -2.01. The van der Waals surface area contributed by atoms with Crippen molar-refractivity contribution in [3.05, 3.63) is 81.3 Å². The number of ether oxygens (including phenoxy) is 1. The minimum absolute atomic E-state index is 0.0861. The number of carbonyl (C=O) groups excluding carboxylic acids is 2. The predicted octanol–water partition coefficient (Wildman–Crippen LogP) is 2.05. The van der Waals surface area contributed by atoms with Gasteiger partial charge in [-0.15, -0.1) is 0 Å². The molecule has 1 amide bonds. The zero-order valence-corrected chi connectivity index (χ0v) is 21.0. The number of non-ortho nitro benzene ring substituents is 1. The van der Waals surface area contributed by atoms with E-state index in [1.54, 1.807) is 18.2 Å². The van der Waals surface area contributed by atoms with E-state index in [0.717, 1.165) is 19.6 Å². The van der Waals surface area contributed by atoms with Gasteiger partial charge in [0.25, 0.3) is 5.69 Å². The third-order valence-electron chi connectivity index (χ3n) is 6.83. The highest BCUT2D eigenvalue weighted by atomic mass is 16.6. The number of ketones is 1. The second kappa shape index (κ2) is 10.8. The summed E-state index contributed by atoms with van der Waals surface area (Å²) in [6, 6.07) is 11.3. The molecular formula is C27H29N3O7. The third kappa shape index (κ3) is 4.92. The first-order valence-corrected chi connectivity index (χ1v) is 12.2. The van der Waals surface area contributed by atoms with Gasteiger partial charge in [0.2, 0.25) is 11.7 Å². The number of rotatable bonds is 11. The highest BCUT2D eigenvalue weighted by Crippen LogP contribution is 2.40. The second-order valence-corrected chi connectivity index (χ2v) is 8.87. The predicted molar refractivity (Wildman–Crippen MR) is 133 cm³/mol. The van der Waals surface area contributed by atoms with Gasteiger partial charge in [0.1, 0.15) is 0 Å². The largest absolute Gasteiger partial charge is 0.868 e. The number of carbonyl (C=O) groups is 2. The molecule has 1 aliphatic rings. The maximum Gasteiger partial charge on any atom is 0.269 e. The van der Waals surface area contributed by atoms with Crippen molar-refractivity contribution in [2.24, 2.45) is 0 Å². The molecule has 194 valence electrons. The van der Waals surface area contributed by atoms with Crippen LogP contribution in [0.15, 0.2) is 64.3 Å². The molecule has 0 aliphatic carbocycles. The van der Waals surface area contributed by atoms with Gasteiger partial charge < -0.3 is 24.1 Å². The fraction of sp³-hybridized carbons (Fsp3) is 0.333.